The van der Waals surface area contributed by atoms with Crippen LogP contribution in [0.3, 0.4) is 0 Å². The summed E-state index contributed by atoms with van der Waals surface area (Å²) in [6.45, 7) is 3.92. The number of aliphatic hydroxyl groups excluding tert-OH is 1. The summed E-state index contributed by atoms with van der Waals surface area (Å²) in [5.41, 5.74) is 1.62. The summed E-state index contributed by atoms with van der Waals surface area (Å²) in [5, 5.41) is 22.1. The number of rotatable bonds is 15. The van der Waals surface area contributed by atoms with E-state index in [9.17, 15) is 28.3 Å². The van der Waals surface area contributed by atoms with Crippen molar-refractivity contribution in [2.24, 2.45) is 10.9 Å². The van der Waals surface area contributed by atoms with Crippen LogP contribution in [0.1, 0.15) is 25.0 Å². The first-order valence-electron chi connectivity index (χ1n) is 12.8. The van der Waals surface area contributed by atoms with Crippen molar-refractivity contribution in [1.82, 2.24) is 4.31 Å². The average Bonchev–Trinajstić information content (AvgIpc) is 2.94. The molecule has 3 rings (SSSR count). The van der Waals surface area contributed by atoms with Crippen molar-refractivity contribution in [2.75, 3.05) is 13.1 Å². The summed E-state index contributed by atoms with van der Waals surface area (Å²) >= 11 is 0. The van der Waals surface area contributed by atoms with Gasteiger partial charge in [0.2, 0.25) is 0 Å². The zero-order valence-corrected chi connectivity index (χ0v) is 23.2. The Hall–Kier alpha value is -3.74. The van der Waals surface area contributed by atoms with E-state index < -0.39 is 27.1 Å². The third-order valence-corrected chi connectivity index (χ3v) is 7.89. The fourth-order valence-corrected chi connectivity index (χ4v) is 5.66. The van der Waals surface area contributed by atoms with Gasteiger partial charge >= 0.3 is 207 Å². The number of nitro groups is 1. The van der Waals surface area contributed by atoms with E-state index in [1.54, 1.807) is 12.1 Å². The molecule has 0 aliphatic carbocycles. The molecule has 10 nitrogen and oxygen atoms in total. The molecular weight excluding hydrogens is 533 g/mol. The van der Waals surface area contributed by atoms with Gasteiger partial charge in [-0.2, -0.15) is 0 Å². The van der Waals surface area contributed by atoms with Gasteiger partial charge in [0.15, 0.2) is 0 Å². The van der Waals surface area contributed by atoms with Crippen molar-refractivity contribution in [2.45, 2.75) is 43.9 Å². The van der Waals surface area contributed by atoms with Crippen molar-refractivity contribution in [3.05, 3.63) is 100 Å². The van der Waals surface area contributed by atoms with E-state index in [1.807, 2.05) is 56.3 Å². The monoisotopic (exact) mass is 565 g/mol. The molecule has 1 unspecified atom stereocenters. The minimum absolute atomic E-state index is 0.0691. The molecule has 3 aromatic rings. The van der Waals surface area contributed by atoms with Crippen LogP contribution in [-0.2, 0) is 27.8 Å². The van der Waals surface area contributed by atoms with Crippen LogP contribution < -0.4 is 4.74 Å². The SMILES string of the molecule is CC(C)CN(CC(O)[C@H](Cc1ccc(OCc2ccccc2)cc1)N=CB=O)S(=O)(=O)c1ccc([N+](=O)[O-])cc1. The molecule has 0 radical (unpaired) electrons. The zero-order valence-electron chi connectivity index (χ0n) is 22.4. The van der Waals surface area contributed by atoms with Gasteiger partial charge in [0.1, 0.15) is 0 Å². The number of ether oxygens (including phenoxy) is 1. The van der Waals surface area contributed by atoms with Gasteiger partial charge in [0.05, 0.1) is 0 Å². The van der Waals surface area contributed by atoms with E-state index in [0.717, 1.165) is 33.7 Å². The van der Waals surface area contributed by atoms with Crippen LogP contribution in [0.5, 0.6) is 5.75 Å². The van der Waals surface area contributed by atoms with E-state index in [1.165, 1.54) is 12.1 Å². The number of aliphatic hydroxyl groups is 1. The first-order valence-corrected chi connectivity index (χ1v) is 14.2. The molecule has 3 aromatic carbocycles. The van der Waals surface area contributed by atoms with Crippen LogP contribution in [0.15, 0.2) is 88.8 Å². The normalized spacial score (nSPS) is 13.3. The van der Waals surface area contributed by atoms with Crippen LogP contribution in [-0.4, -0.2) is 61.3 Å². The summed E-state index contributed by atoms with van der Waals surface area (Å²) in [4.78, 5) is 14.4. The van der Waals surface area contributed by atoms with Gasteiger partial charge in [0.25, 0.3) is 0 Å². The third-order valence-electron chi connectivity index (χ3n) is 6.04. The molecule has 0 saturated carbocycles. The van der Waals surface area contributed by atoms with Crippen molar-refractivity contribution in [3.63, 3.8) is 0 Å². The molecule has 0 heterocycles. The standard InChI is InChI=1S/C28H32BN3O7S/c1-21(2)17-31(40(37,38)26-14-10-24(11-15-26)32(35)36)18-28(33)27(30-20-29-34)16-22-8-12-25(13-9-22)39-19-23-6-4-3-5-7-23/h3-15,20-21,27-28,33H,16-19H2,1-2H3/t27-,28?/m0/s1. The number of aliphatic imine (C=N–C) groups is 1. The number of hydrogen-bond acceptors (Lipinski definition) is 8. The van der Waals surface area contributed by atoms with Gasteiger partial charge in [-0.3, -0.25) is 10.1 Å². The van der Waals surface area contributed by atoms with E-state index in [2.05, 4.69) is 4.99 Å². The Morgan fingerprint density at radius 2 is 1.65 bits per heavy atom. The third kappa shape index (κ3) is 8.90. The number of sulfonamides is 1. The molecule has 2 atom stereocenters. The number of benzene rings is 3. The van der Waals surface area contributed by atoms with Crippen LogP contribution in [0.25, 0.3) is 0 Å². The summed E-state index contributed by atoms with van der Waals surface area (Å²) < 4.78 is 44.8. The quantitative estimate of drug-likeness (QED) is 0.128. The Balaban J connectivity index is 1.75. The Bertz CT molecular complexity index is 1380. The Morgan fingerprint density at radius 1 is 1.00 bits per heavy atom. The van der Waals surface area contributed by atoms with E-state index in [4.69, 9.17) is 4.74 Å². The maximum absolute atomic E-state index is 13.4. The summed E-state index contributed by atoms with van der Waals surface area (Å²) in [6.07, 6.45) is 0.0530. The Morgan fingerprint density at radius 3 is 2.23 bits per heavy atom. The van der Waals surface area contributed by atoms with Gasteiger partial charge in [-0.15, -0.1) is 0 Å². The maximum atomic E-state index is 13.4. The molecular formula is C28H32BN3O7S. The van der Waals surface area contributed by atoms with Gasteiger partial charge in [-0.05, 0) is 0 Å². The molecule has 0 spiro atoms. The summed E-state index contributed by atoms with van der Waals surface area (Å²) in [5.74, 6) is 0.596. The fraction of sp³-hybridized carbons (Fsp3) is 0.321. The second kappa shape index (κ2) is 14.6. The second-order valence-corrected chi connectivity index (χ2v) is 11.6. The number of hydrogen-bond donors (Lipinski definition) is 1. The zero-order chi connectivity index (χ0) is 29.1. The van der Waals surface area contributed by atoms with Gasteiger partial charge in [-0.25, -0.2) is 0 Å². The van der Waals surface area contributed by atoms with Crippen LogP contribution in [0.4, 0.5) is 5.69 Å². The molecule has 12 heteroatoms. The van der Waals surface area contributed by atoms with Crippen molar-refractivity contribution in [1.29, 1.82) is 0 Å². The summed E-state index contributed by atoms with van der Waals surface area (Å²) in [7, 11) is -3.58. The minimum atomic E-state index is -4.08. The average molecular weight is 565 g/mol. The van der Waals surface area contributed by atoms with Crippen LogP contribution >= 0.6 is 0 Å². The molecule has 1 N–H and O–H groups in total. The van der Waals surface area contributed by atoms with Crippen LogP contribution in [0.2, 0.25) is 0 Å². The first-order chi connectivity index (χ1) is 19.1. The van der Waals surface area contributed by atoms with Gasteiger partial charge < -0.3 is 0 Å². The molecule has 210 valence electrons. The Kier molecular flexibility index (Phi) is 11.2. The second-order valence-electron chi connectivity index (χ2n) is 9.66. The van der Waals surface area contributed by atoms with Crippen LogP contribution in [0, 0.1) is 16.0 Å². The van der Waals surface area contributed by atoms with E-state index in [-0.39, 0.29) is 36.0 Å². The number of non-ortho nitro benzene ring substituents is 1. The van der Waals surface area contributed by atoms with Gasteiger partial charge in [0, 0.05) is 0 Å². The van der Waals surface area contributed by atoms with Gasteiger partial charge in [-0.1, -0.05) is 18.2 Å². The molecule has 0 aliphatic rings. The van der Waals surface area contributed by atoms with E-state index in [0.29, 0.717) is 19.5 Å². The molecule has 40 heavy (non-hydrogen) atoms. The predicted octanol–water partition coefficient (Wildman–Crippen LogP) is 3.87. The van der Waals surface area contributed by atoms with Crippen molar-refractivity contribution >= 4 is 29.0 Å². The predicted molar refractivity (Wildman–Crippen MR) is 152 cm³/mol. The molecule has 0 bridgehead atoms. The number of nitro benzene ring substituents is 1. The Labute approximate surface area is 234 Å². The molecule has 0 saturated heterocycles. The molecule has 0 aromatic heterocycles. The van der Waals surface area contributed by atoms with Crippen molar-refractivity contribution in [3.8, 4) is 5.75 Å². The number of nitrogens with zero attached hydrogens (tertiary/aromatic N) is 3. The molecule has 0 aliphatic heterocycles. The summed E-state index contributed by atoms with van der Waals surface area (Å²) in [6, 6.07) is 20.8. The topological polar surface area (TPSA) is 139 Å². The first kappa shape index (κ1) is 30.8. The molecule has 0 amide bonds. The fourth-order valence-electron chi connectivity index (χ4n) is 4.04. The molecule has 0 fully saturated rings. The van der Waals surface area contributed by atoms with Crippen molar-refractivity contribution < 1.29 is 27.9 Å². The van der Waals surface area contributed by atoms with E-state index >= 15 is 0 Å².